The Bertz CT molecular complexity index is 809. The van der Waals surface area contributed by atoms with Gasteiger partial charge in [0.1, 0.15) is 11.6 Å². The van der Waals surface area contributed by atoms with Crippen molar-refractivity contribution in [2.75, 3.05) is 45.9 Å². The predicted octanol–water partition coefficient (Wildman–Crippen LogP) is 2.23. The number of para-hydroxylation sites is 1. The van der Waals surface area contributed by atoms with Crippen molar-refractivity contribution >= 4 is 5.91 Å². The molecule has 0 radical (unpaired) electrons. The van der Waals surface area contributed by atoms with Gasteiger partial charge in [-0.15, -0.1) is 0 Å². The van der Waals surface area contributed by atoms with Crippen LogP contribution in [-0.4, -0.2) is 71.6 Å². The largest absolute Gasteiger partial charge is 0.439 e. The average Bonchev–Trinajstić information content (AvgIpc) is 3.20. The van der Waals surface area contributed by atoms with Gasteiger partial charge in [-0.2, -0.15) is 4.98 Å². The van der Waals surface area contributed by atoms with Gasteiger partial charge in [0.15, 0.2) is 0 Å². The summed E-state index contributed by atoms with van der Waals surface area (Å²) < 4.78 is 11.2. The van der Waals surface area contributed by atoms with Crippen LogP contribution in [0.2, 0.25) is 0 Å². The topological polar surface area (TPSA) is 67.8 Å². The maximum atomic E-state index is 12.6. The molecule has 2 aromatic rings. The molecule has 2 aliphatic rings. The van der Waals surface area contributed by atoms with Crippen LogP contribution in [-0.2, 0) is 9.53 Å². The average molecular weight is 382 g/mol. The molecular formula is C21H26N4O3. The molecule has 0 N–H and O–H groups in total. The van der Waals surface area contributed by atoms with Crippen LogP contribution in [0.3, 0.4) is 0 Å². The zero-order chi connectivity index (χ0) is 19.3. The number of nitrogens with zero attached hydrogens (tertiary/aromatic N) is 4. The molecule has 7 heteroatoms. The van der Waals surface area contributed by atoms with E-state index >= 15 is 0 Å². The first kappa shape index (κ1) is 18.8. The Balaban J connectivity index is 1.39. The Morgan fingerprint density at radius 2 is 1.96 bits per heavy atom. The lowest BCUT2D eigenvalue weighted by atomic mass is 10.1. The van der Waals surface area contributed by atoms with Crippen LogP contribution in [0.25, 0.3) is 0 Å². The summed E-state index contributed by atoms with van der Waals surface area (Å²) in [5, 5.41) is 0. The lowest BCUT2D eigenvalue weighted by Crippen LogP contribution is -2.44. The van der Waals surface area contributed by atoms with Gasteiger partial charge in [-0.25, -0.2) is 4.98 Å². The van der Waals surface area contributed by atoms with Crippen molar-refractivity contribution in [2.45, 2.75) is 19.3 Å². The standard InChI is InChI=1S/C21H26N4O3/c1-16-13-19(28-18-5-3-2-4-6-18)23-21(22-16)17-7-8-25(14-17)20(26)15-24-9-11-27-12-10-24/h2-6,13,17H,7-12,14-15H2,1H3. The number of benzene rings is 1. The van der Waals surface area contributed by atoms with Gasteiger partial charge in [-0.05, 0) is 25.5 Å². The number of carbonyl (C=O) groups excluding carboxylic acids is 1. The fourth-order valence-electron chi connectivity index (χ4n) is 3.65. The minimum absolute atomic E-state index is 0.145. The summed E-state index contributed by atoms with van der Waals surface area (Å²) in [6, 6.07) is 11.5. The van der Waals surface area contributed by atoms with E-state index in [9.17, 15) is 4.79 Å². The lowest BCUT2D eigenvalue weighted by Gasteiger charge is -2.28. The summed E-state index contributed by atoms with van der Waals surface area (Å²) in [7, 11) is 0. The van der Waals surface area contributed by atoms with Crippen molar-refractivity contribution in [3.8, 4) is 11.6 Å². The predicted molar refractivity (Wildman–Crippen MR) is 104 cm³/mol. The highest BCUT2D eigenvalue weighted by Gasteiger charge is 2.30. The smallest absolute Gasteiger partial charge is 0.236 e. The van der Waals surface area contributed by atoms with Gasteiger partial charge in [0, 0.05) is 43.9 Å². The summed E-state index contributed by atoms with van der Waals surface area (Å²) in [5.74, 6) is 2.38. The van der Waals surface area contributed by atoms with E-state index in [2.05, 4.69) is 14.9 Å². The molecule has 2 aliphatic heterocycles. The Hall–Kier alpha value is -2.51. The number of carbonyl (C=O) groups is 1. The molecule has 2 fully saturated rings. The fraction of sp³-hybridized carbons (Fsp3) is 0.476. The zero-order valence-corrected chi connectivity index (χ0v) is 16.2. The monoisotopic (exact) mass is 382 g/mol. The molecule has 3 heterocycles. The molecule has 1 atom stereocenters. The molecule has 148 valence electrons. The number of rotatable bonds is 5. The minimum atomic E-state index is 0.145. The second-order valence-electron chi connectivity index (χ2n) is 7.33. The van der Waals surface area contributed by atoms with Gasteiger partial charge in [0.2, 0.25) is 11.8 Å². The maximum Gasteiger partial charge on any atom is 0.236 e. The van der Waals surface area contributed by atoms with E-state index in [1.165, 1.54) is 0 Å². The Labute approximate surface area is 165 Å². The van der Waals surface area contributed by atoms with Crippen molar-refractivity contribution in [3.05, 3.63) is 47.9 Å². The van der Waals surface area contributed by atoms with E-state index < -0.39 is 0 Å². The molecular weight excluding hydrogens is 356 g/mol. The van der Waals surface area contributed by atoms with Crippen molar-refractivity contribution in [2.24, 2.45) is 0 Å². The van der Waals surface area contributed by atoms with E-state index in [-0.39, 0.29) is 11.8 Å². The van der Waals surface area contributed by atoms with Crippen LogP contribution in [0.4, 0.5) is 0 Å². The molecule has 7 nitrogen and oxygen atoms in total. The van der Waals surface area contributed by atoms with Crippen molar-refractivity contribution in [3.63, 3.8) is 0 Å². The molecule has 0 bridgehead atoms. The van der Waals surface area contributed by atoms with Gasteiger partial charge in [0.25, 0.3) is 0 Å². The molecule has 2 saturated heterocycles. The third-order valence-electron chi connectivity index (χ3n) is 5.18. The van der Waals surface area contributed by atoms with Gasteiger partial charge < -0.3 is 14.4 Å². The second-order valence-corrected chi connectivity index (χ2v) is 7.33. The SMILES string of the molecule is Cc1cc(Oc2ccccc2)nc(C2CCN(C(=O)CN3CCOCC3)C2)n1. The quantitative estimate of drug-likeness (QED) is 0.790. The zero-order valence-electron chi connectivity index (χ0n) is 16.2. The van der Waals surface area contributed by atoms with Crippen LogP contribution < -0.4 is 4.74 Å². The summed E-state index contributed by atoms with van der Waals surface area (Å²) in [6.45, 7) is 6.88. The number of aryl methyl sites for hydroxylation is 1. The summed E-state index contributed by atoms with van der Waals surface area (Å²) in [5.41, 5.74) is 0.869. The van der Waals surface area contributed by atoms with Crippen molar-refractivity contribution < 1.29 is 14.3 Å². The summed E-state index contributed by atoms with van der Waals surface area (Å²) in [4.78, 5) is 26.0. The molecule has 1 aromatic carbocycles. The van der Waals surface area contributed by atoms with Gasteiger partial charge in [-0.1, -0.05) is 18.2 Å². The molecule has 4 rings (SSSR count). The molecule has 1 aromatic heterocycles. The lowest BCUT2D eigenvalue weighted by molar-refractivity contribution is -0.132. The highest BCUT2D eigenvalue weighted by molar-refractivity contribution is 5.78. The van der Waals surface area contributed by atoms with Crippen LogP contribution in [0.15, 0.2) is 36.4 Å². The number of morpholine rings is 1. The summed E-state index contributed by atoms with van der Waals surface area (Å²) in [6.07, 6.45) is 0.878. The minimum Gasteiger partial charge on any atom is -0.439 e. The van der Waals surface area contributed by atoms with E-state index in [1.54, 1.807) is 0 Å². The third-order valence-corrected chi connectivity index (χ3v) is 5.18. The van der Waals surface area contributed by atoms with Gasteiger partial charge >= 0.3 is 0 Å². The number of hydrogen-bond donors (Lipinski definition) is 0. The van der Waals surface area contributed by atoms with Crippen LogP contribution in [0.5, 0.6) is 11.6 Å². The van der Waals surface area contributed by atoms with Gasteiger partial charge in [0.05, 0.1) is 19.8 Å². The fourth-order valence-corrected chi connectivity index (χ4v) is 3.65. The van der Waals surface area contributed by atoms with E-state index in [0.717, 1.165) is 43.3 Å². The molecule has 0 aliphatic carbocycles. The van der Waals surface area contributed by atoms with Crippen LogP contribution in [0.1, 0.15) is 23.9 Å². The number of aromatic nitrogens is 2. The first-order valence-corrected chi connectivity index (χ1v) is 9.84. The number of ether oxygens (including phenoxy) is 2. The maximum absolute atomic E-state index is 12.6. The summed E-state index contributed by atoms with van der Waals surface area (Å²) >= 11 is 0. The highest BCUT2D eigenvalue weighted by Crippen LogP contribution is 2.28. The molecule has 0 spiro atoms. The Kier molecular flexibility index (Phi) is 5.83. The second kappa shape index (κ2) is 8.67. The molecule has 28 heavy (non-hydrogen) atoms. The third kappa shape index (κ3) is 4.66. The van der Waals surface area contributed by atoms with E-state index in [0.29, 0.717) is 32.2 Å². The van der Waals surface area contributed by atoms with Crippen molar-refractivity contribution in [1.82, 2.24) is 19.8 Å². The van der Waals surface area contributed by atoms with E-state index in [1.807, 2.05) is 48.2 Å². The molecule has 1 amide bonds. The number of likely N-dealkylation sites (tertiary alicyclic amines) is 1. The number of hydrogen-bond acceptors (Lipinski definition) is 6. The normalized spacial score (nSPS) is 20.3. The first-order chi connectivity index (χ1) is 13.7. The Morgan fingerprint density at radius 1 is 1.18 bits per heavy atom. The van der Waals surface area contributed by atoms with Crippen molar-refractivity contribution in [1.29, 1.82) is 0 Å². The highest BCUT2D eigenvalue weighted by atomic mass is 16.5. The van der Waals surface area contributed by atoms with E-state index in [4.69, 9.17) is 9.47 Å². The molecule has 0 saturated carbocycles. The van der Waals surface area contributed by atoms with Crippen LogP contribution >= 0.6 is 0 Å². The first-order valence-electron chi connectivity index (χ1n) is 9.84. The molecule has 1 unspecified atom stereocenters. The Morgan fingerprint density at radius 3 is 2.75 bits per heavy atom. The van der Waals surface area contributed by atoms with Gasteiger partial charge in [-0.3, -0.25) is 9.69 Å². The van der Waals surface area contributed by atoms with Crippen LogP contribution in [0, 0.1) is 6.92 Å². The number of amides is 1.